The lowest BCUT2D eigenvalue weighted by molar-refractivity contribution is -0.113. The number of thioether (sulfide) groups is 1. The van der Waals surface area contributed by atoms with E-state index in [1.54, 1.807) is 24.4 Å². The SMILES string of the molecule is Cc1cccc(-n2ccnc2SCC(=O)Nc2cc(Cl)ccc2Cl)c1. The van der Waals surface area contributed by atoms with Crippen LogP contribution in [0.5, 0.6) is 0 Å². The Kier molecular flexibility index (Phi) is 5.68. The normalized spacial score (nSPS) is 10.7. The number of aryl methyl sites for hydroxylation is 1. The van der Waals surface area contributed by atoms with Crippen LogP contribution in [-0.2, 0) is 4.79 Å². The Morgan fingerprint density at radius 1 is 1.24 bits per heavy atom. The number of carbonyl (C=O) groups is 1. The van der Waals surface area contributed by atoms with Gasteiger partial charge >= 0.3 is 0 Å². The molecule has 0 aliphatic heterocycles. The molecule has 3 rings (SSSR count). The first-order chi connectivity index (χ1) is 12.0. The molecule has 0 atom stereocenters. The second-order valence-corrected chi connectivity index (χ2v) is 7.17. The molecule has 3 aromatic rings. The zero-order chi connectivity index (χ0) is 17.8. The summed E-state index contributed by atoms with van der Waals surface area (Å²) < 4.78 is 1.96. The van der Waals surface area contributed by atoms with Crippen molar-refractivity contribution >= 4 is 46.6 Å². The summed E-state index contributed by atoms with van der Waals surface area (Å²) in [5.41, 5.74) is 2.68. The van der Waals surface area contributed by atoms with Crippen LogP contribution in [0.25, 0.3) is 5.69 Å². The van der Waals surface area contributed by atoms with E-state index in [-0.39, 0.29) is 11.7 Å². The van der Waals surface area contributed by atoms with Crippen LogP contribution in [0.2, 0.25) is 10.0 Å². The maximum absolute atomic E-state index is 12.2. The number of benzene rings is 2. The Bertz CT molecular complexity index is 911. The number of anilines is 1. The van der Waals surface area contributed by atoms with Gasteiger partial charge in [-0.25, -0.2) is 4.98 Å². The highest BCUT2D eigenvalue weighted by Crippen LogP contribution is 2.26. The van der Waals surface area contributed by atoms with Gasteiger partial charge in [0.2, 0.25) is 5.91 Å². The van der Waals surface area contributed by atoms with Crippen LogP contribution in [0.3, 0.4) is 0 Å². The Labute approximate surface area is 160 Å². The minimum atomic E-state index is -0.173. The molecular weight excluding hydrogens is 377 g/mol. The minimum Gasteiger partial charge on any atom is -0.324 e. The van der Waals surface area contributed by atoms with Crippen LogP contribution >= 0.6 is 35.0 Å². The topological polar surface area (TPSA) is 46.9 Å². The number of amides is 1. The summed E-state index contributed by atoms with van der Waals surface area (Å²) in [6, 6.07) is 13.1. The fraction of sp³-hybridized carbons (Fsp3) is 0.111. The summed E-state index contributed by atoms with van der Waals surface area (Å²) in [5, 5.41) is 4.48. The first-order valence-electron chi connectivity index (χ1n) is 7.51. The van der Waals surface area contributed by atoms with Crippen molar-refractivity contribution < 1.29 is 4.79 Å². The highest BCUT2D eigenvalue weighted by Gasteiger charge is 2.11. The first-order valence-corrected chi connectivity index (χ1v) is 9.25. The van der Waals surface area contributed by atoms with Crippen molar-refractivity contribution in [3.8, 4) is 5.69 Å². The van der Waals surface area contributed by atoms with Gasteiger partial charge in [-0.05, 0) is 42.8 Å². The molecule has 2 aromatic carbocycles. The van der Waals surface area contributed by atoms with Crippen LogP contribution in [-0.4, -0.2) is 21.2 Å². The average Bonchev–Trinajstić information content (AvgIpc) is 3.05. The van der Waals surface area contributed by atoms with Gasteiger partial charge in [0.05, 0.1) is 16.5 Å². The number of rotatable bonds is 5. The lowest BCUT2D eigenvalue weighted by Crippen LogP contribution is -2.14. The highest BCUT2D eigenvalue weighted by atomic mass is 35.5. The number of aromatic nitrogens is 2. The maximum Gasteiger partial charge on any atom is 0.234 e. The van der Waals surface area contributed by atoms with E-state index < -0.39 is 0 Å². The molecule has 0 bridgehead atoms. The van der Waals surface area contributed by atoms with E-state index in [0.717, 1.165) is 16.4 Å². The summed E-state index contributed by atoms with van der Waals surface area (Å²) >= 11 is 13.4. The summed E-state index contributed by atoms with van der Waals surface area (Å²) in [6.07, 6.45) is 3.60. The molecule has 1 heterocycles. The molecule has 128 valence electrons. The Balaban J connectivity index is 1.67. The quantitative estimate of drug-likeness (QED) is 0.606. The van der Waals surface area contributed by atoms with Gasteiger partial charge in [0, 0.05) is 23.1 Å². The molecule has 1 N–H and O–H groups in total. The lowest BCUT2D eigenvalue weighted by Gasteiger charge is -2.09. The predicted octanol–water partition coefficient (Wildman–Crippen LogP) is 5.22. The van der Waals surface area contributed by atoms with Gasteiger partial charge in [-0.1, -0.05) is 47.1 Å². The molecule has 0 unspecified atom stereocenters. The van der Waals surface area contributed by atoms with Crippen LogP contribution in [0.4, 0.5) is 5.69 Å². The van der Waals surface area contributed by atoms with Crippen molar-refractivity contribution in [2.75, 3.05) is 11.1 Å². The predicted molar refractivity (Wildman–Crippen MR) is 104 cm³/mol. The molecule has 0 saturated carbocycles. The number of nitrogens with zero attached hydrogens (tertiary/aromatic N) is 2. The summed E-state index contributed by atoms with van der Waals surface area (Å²) in [6.45, 7) is 2.04. The van der Waals surface area contributed by atoms with Gasteiger partial charge in [0.1, 0.15) is 0 Å². The third-order valence-electron chi connectivity index (χ3n) is 3.42. The fourth-order valence-corrected chi connectivity index (χ4v) is 3.39. The molecule has 1 aromatic heterocycles. The van der Waals surface area contributed by atoms with Crippen LogP contribution in [0.15, 0.2) is 60.0 Å². The van der Waals surface area contributed by atoms with E-state index in [1.165, 1.54) is 11.8 Å². The van der Waals surface area contributed by atoms with E-state index in [0.29, 0.717) is 15.7 Å². The molecule has 0 aliphatic carbocycles. The zero-order valence-electron chi connectivity index (χ0n) is 13.4. The molecule has 0 saturated heterocycles. The van der Waals surface area contributed by atoms with Crippen molar-refractivity contribution in [3.05, 3.63) is 70.5 Å². The Morgan fingerprint density at radius 2 is 2.08 bits per heavy atom. The molecule has 1 amide bonds. The standard InChI is InChI=1S/C18H15Cl2N3OS/c1-12-3-2-4-14(9-12)23-8-7-21-18(23)25-11-17(24)22-16-10-13(19)5-6-15(16)20/h2-10H,11H2,1H3,(H,22,24). The minimum absolute atomic E-state index is 0.173. The molecule has 0 spiro atoms. The number of halogens is 2. The molecule has 0 radical (unpaired) electrons. The number of hydrogen-bond acceptors (Lipinski definition) is 3. The van der Waals surface area contributed by atoms with E-state index in [9.17, 15) is 4.79 Å². The first kappa shape index (κ1) is 17.9. The molecule has 25 heavy (non-hydrogen) atoms. The zero-order valence-corrected chi connectivity index (χ0v) is 15.7. The van der Waals surface area contributed by atoms with Crippen LogP contribution < -0.4 is 5.32 Å². The van der Waals surface area contributed by atoms with Crippen molar-refractivity contribution in [1.29, 1.82) is 0 Å². The maximum atomic E-state index is 12.2. The monoisotopic (exact) mass is 391 g/mol. The third kappa shape index (κ3) is 4.57. The second-order valence-electron chi connectivity index (χ2n) is 5.38. The lowest BCUT2D eigenvalue weighted by atomic mass is 10.2. The third-order valence-corrected chi connectivity index (χ3v) is 4.95. The summed E-state index contributed by atoms with van der Waals surface area (Å²) in [7, 11) is 0. The Hall–Kier alpha value is -1.95. The van der Waals surface area contributed by atoms with Crippen molar-refractivity contribution in [2.45, 2.75) is 12.1 Å². The number of imidazole rings is 1. The molecule has 0 aliphatic rings. The average molecular weight is 392 g/mol. The van der Waals surface area contributed by atoms with Crippen molar-refractivity contribution in [1.82, 2.24) is 9.55 Å². The smallest absolute Gasteiger partial charge is 0.234 e. The number of nitrogens with one attached hydrogen (secondary N) is 1. The molecular formula is C18H15Cl2N3OS. The molecule has 4 nitrogen and oxygen atoms in total. The van der Waals surface area contributed by atoms with Gasteiger partial charge in [-0.15, -0.1) is 0 Å². The van der Waals surface area contributed by atoms with Gasteiger partial charge in [0.15, 0.2) is 5.16 Å². The van der Waals surface area contributed by atoms with Gasteiger partial charge in [-0.2, -0.15) is 0 Å². The van der Waals surface area contributed by atoms with E-state index >= 15 is 0 Å². The summed E-state index contributed by atoms with van der Waals surface area (Å²) in [4.78, 5) is 16.5. The number of carbonyl (C=O) groups excluding carboxylic acids is 1. The number of hydrogen-bond donors (Lipinski definition) is 1. The Morgan fingerprint density at radius 3 is 2.88 bits per heavy atom. The van der Waals surface area contributed by atoms with Gasteiger partial charge in [-0.3, -0.25) is 9.36 Å². The van der Waals surface area contributed by atoms with Crippen LogP contribution in [0, 0.1) is 6.92 Å². The second kappa shape index (κ2) is 7.95. The van der Waals surface area contributed by atoms with E-state index in [4.69, 9.17) is 23.2 Å². The fourth-order valence-electron chi connectivity index (χ4n) is 2.28. The summed E-state index contributed by atoms with van der Waals surface area (Å²) in [5.74, 6) is 0.0408. The highest BCUT2D eigenvalue weighted by molar-refractivity contribution is 7.99. The van der Waals surface area contributed by atoms with E-state index in [1.807, 2.05) is 35.9 Å². The molecule has 7 heteroatoms. The largest absolute Gasteiger partial charge is 0.324 e. The van der Waals surface area contributed by atoms with Crippen molar-refractivity contribution in [2.24, 2.45) is 0 Å². The van der Waals surface area contributed by atoms with E-state index in [2.05, 4.69) is 16.4 Å². The van der Waals surface area contributed by atoms with Crippen molar-refractivity contribution in [3.63, 3.8) is 0 Å². The molecule has 0 fully saturated rings. The van der Waals surface area contributed by atoms with Gasteiger partial charge < -0.3 is 5.32 Å². The van der Waals surface area contributed by atoms with Crippen LogP contribution in [0.1, 0.15) is 5.56 Å². The van der Waals surface area contributed by atoms with Gasteiger partial charge in [0.25, 0.3) is 0 Å².